The van der Waals surface area contributed by atoms with Gasteiger partial charge in [0.05, 0.1) is 0 Å². The van der Waals surface area contributed by atoms with Crippen LogP contribution >= 0.6 is 11.6 Å². The first-order valence-electron chi connectivity index (χ1n) is 4.58. The maximum atomic E-state index is 11.3. The molecule has 1 unspecified atom stereocenters. The van der Waals surface area contributed by atoms with E-state index < -0.39 is 11.5 Å². The standard InChI is InChI=1S/C9H13ClN2O2/c1-2-3-4-8(10)14-9(13)7-5-6-11-12-7/h5-6,8H,2-4H2,1H3,(H,11,12). The molecule has 4 nitrogen and oxygen atoms in total. The molecule has 0 saturated carbocycles. The average Bonchev–Trinajstić information content (AvgIpc) is 2.67. The summed E-state index contributed by atoms with van der Waals surface area (Å²) >= 11 is 5.79. The van der Waals surface area contributed by atoms with E-state index in [9.17, 15) is 4.79 Å². The predicted octanol–water partition coefficient (Wildman–Crippen LogP) is 2.32. The maximum Gasteiger partial charge on any atom is 0.357 e. The van der Waals surface area contributed by atoms with E-state index in [0.717, 1.165) is 12.8 Å². The smallest absolute Gasteiger partial charge is 0.357 e. The van der Waals surface area contributed by atoms with Crippen LogP contribution in [0.3, 0.4) is 0 Å². The van der Waals surface area contributed by atoms with Crippen molar-refractivity contribution in [3.05, 3.63) is 18.0 Å². The summed E-state index contributed by atoms with van der Waals surface area (Å²) in [6.07, 6.45) is 4.15. The van der Waals surface area contributed by atoms with Crippen LogP contribution in [0.2, 0.25) is 0 Å². The summed E-state index contributed by atoms with van der Waals surface area (Å²) in [7, 11) is 0. The van der Waals surface area contributed by atoms with E-state index in [1.807, 2.05) is 0 Å². The number of unbranched alkanes of at least 4 members (excludes halogenated alkanes) is 1. The van der Waals surface area contributed by atoms with Gasteiger partial charge >= 0.3 is 5.97 Å². The van der Waals surface area contributed by atoms with Crippen LogP contribution in [0.4, 0.5) is 0 Å². The molecule has 0 bridgehead atoms. The molecular weight excluding hydrogens is 204 g/mol. The van der Waals surface area contributed by atoms with Gasteiger partial charge in [-0.1, -0.05) is 24.9 Å². The number of carbonyl (C=O) groups excluding carboxylic acids is 1. The lowest BCUT2D eigenvalue weighted by molar-refractivity contribution is 0.0427. The van der Waals surface area contributed by atoms with E-state index in [2.05, 4.69) is 17.1 Å². The number of nitrogens with zero attached hydrogens (tertiary/aromatic N) is 1. The van der Waals surface area contributed by atoms with Crippen molar-refractivity contribution in [3.8, 4) is 0 Å². The Hall–Kier alpha value is -1.03. The second-order valence-corrected chi connectivity index (χ2v) is 3.41. The number of esters is 1. The zero-order valence-electron chi connectivity index (χ0n) is 8.00. The third-order valence-corrected chi connectivity index (χ3v) is 2.05. The normalized spacial score (nSPS) is 12.4. The maximum absolute atomic E-state index is 11.3. The molecule has 1 aromatic rings. The second-order valence-electron chi connectivity index (χ2n) is 2.93. The highest BCUT2D eigenvalue weighted by Crippen LogP contribution is 2.11. The van der Waals surface area contributed by atoms with Gasteiger partial charge in [0.1, 0.15) is 5.69 Å². The number of rotatable bonds is 5. The van der Waals surface area contributed by atoms with Gasteiger partial charge in [-0.05, 0) is 18.9 Å². The van der Waals surface area contributed by atoms with Crippen LogP contribution in [0.15, 0.2) is 12.3 Å². The number of ether oxygens (including phenoxy) is 1. The molecule has 0 aromatic carbocycles. The highest BCUT2D eigenvalue weighted by molar-refractivity contribution is 6.20. The van der Waals surface area contributed by atoms with Gasteiger partial charge in [0.25, 0.3) is 0 Å². The number of hydrogen-bond acceptors (Lipinski definition) is 3. The van der Waals surface area contributed by atoms with Crippen molar-refractivity contribution in [3.63, 3.8) is 0 Å². The van der Waals surface area contributed by atoms with Gasteiger partial charge in [-0.3, -0.25) is 5.10 Å². The summed E-state index contributed by atoms with van der Waals surface area (Å²) in [5.74, 6) is -0.460. The number of hydrogen-bond donors (Lipinski definition) is 1. The summed E-state index contributed by atoms with van der Waals surface area (Å²) in [4.78, 5) is 11.3. The Bertz CT molecular complexity index is 274. The zero-order valence-corrected chi connectivity index (χ0v) is 8.75. The molecule has 78 valence electrons. The Morgan fingerprint density at radius 2 is 2.57 bits per heavy atom. The molecule has 0 radical (unpaired) electrons. The zero-order chi connectivity index (χ0) is 10.4. The van der Waals surface area contributed by atoms with Gasteiger partial charge in [0, 0.05) is 6.20 Å². The second kappa shape index (κ2) is 5.65. The molecule has 1 rings (SSSR count). The molecule has 1 aromatic heterocycles. The first kappa shape index (κ1) is 11.0. The molecule has 0 saturated heterocycles. The molecule has 1 heterocycles. The number of aromatic amines is 1. The number of halogens is 1. The number of aromatic nitrogens is 2. The summed E-state index contributed by atoms with van der Waals surface area (Å²) in [6, 6.07) is 1.55. The van der Waals surface area contributed by atoms with E-state index in [-0.39, 0.29) is 0 Å². The van der Waals surface area contributed by atoms with Crippen LogP contribution < -0.4 is 0 Å². The SMILES string of the molecule is CCCCC(Cl)OC(=O)c1ccn[nH]1. The Kier molecular flexibility index (Phi) is 4.46. The predicted molar refractivity (Wildman–Crippen MR) is 53.2 cm³/mol. The van der Waals surface area contributed by atoms with E-state index in [4.69, 9.17) is 16.3 Å². The number of nitrogens with one attached hydrogen (secondary N) is 1. The fraction of sp³-hybridized carbons (Fsp3) is 0.556. The van der Waals surface area contributed by atoms with Crippen LogP contribution in [0.25, 0.3) is 0 Å². The molecule has 0 aliphatic heterocycles. The van der Waals surface area contributed by atoms with Crippen molar-refractivity contribution in [1.29, 1.82) is 0 Å². The molecule has 0 amide bonds. The van der Waals surface area contributed by atoms with Crippen molar-refractivity contribution < 1.29 is 9.53 Å². The number of H-pyrrole nitrogens is 1. The van der Waals surface area contributed by atoms with Crippen molar-refractivity contribution in [1.82, 2.24) is 10.2 Å². The van der Waals surface area contributed by atoms with Crippen LogP contribution in [0, 0.1) is 0 Å². The Morgan fingerprint density at radius 1 is 1.79 bits per heavy atom. The van der Waals surface area contributed by atoms with Gasteiger partial charge in [-0.2, -0.15) is 5.10 Å². The van der Waals surface area contributed by atoms with Gasteiger partial charge in [0.2, 0.25) is 0 Å². The molecule has 0 aliphatic carbocycles. The van der Waals surface area contributed by atoms with Crippen molar-refractivity contribution in [2.75, 3.05) is 0 Å². The number of carbonyl (C=O) groups is 1. The fourth-order valence-corrected chi connectivity index (χ4v) is 1.21. The molecular formula is C9H13ClN2O2. The molecule has 5 heteroatoms. The van der Waals surface area contributed by atoms with Gasteiger partial charge < -0.3 is 4.74 Å². The first-order chi connectivity index (χ1) is 6.74. The summed E-state index contributed by atoms with van der Waals surface area (Å²) in [5, 5.41) is 6.16. The largest absolute Gasteiger partial charge is 0.441 e. The molecule has 1 atom stereocenters. The van der Waals surface area contributed by atoms with Gasteiger partial charge in [-0.15, -0.1) is 0 Å². The highest BCUT2D eigenvalue weighted by atomic mass is 35.5. The van der Waals surface area contributed by atoms with E-state index >= 15 is 0 Å². The number of alkyl halides is 1. The molecule has 1 N–H and O–H groups in total. The van der Waals surface area contributed by atoms with Gasteiger partial charge in [0.15, 0.2) is 5.56 Å². The third-order valence-electron chi connectivity index (χ3n) is 1.74. The van der Waals surface area contributed by atoms with E-state index in [1.165, 1.54) is 6.20 Å². The fourth-order valence-electron chi connectivity index (χ4n) is 0.973. The minimum atomic E-state index is -0.550. The van der Waals surface area contributed by atoms with Crippen LogP contribution in [-0.2, 0) is 4.74 Å². The molecule has 14 heavy (non-hydrogen) atoms. The van der Waals surface area contributed by atoms with Crippen LogP contribution in [0.5, 0.6) is 0 Å². The minimum Gasteiger partial charge on any atom is -0.441 e. The topological polar surface area (TPSA) is 55.0 Å². The van der Waals surface area contributed by atoms with Crippen molar-refractivity contribution in [2.45, 2.75) is 31.7 Å². The Labute approximate surface area is 87.6 Å². The van der Waals surface area contributed by atoms with Crippen molar-refractivity contribution in [2.24, 2.45) is 0 Å². The molecule has 0 spiro atoms. The Balaban J connectivity index is 2.34. The van der Waals surface area contributed by atoms with Crippen LogP contribution in [0.1, 0.15) is 36.7 Å². The lowest BCUT2D eigenvalue weighted by atomic mass is 10.3. The first-order valence-corrected chi connectivity index (χ1v) is 5.02. The minimum absolute atomic E-state index is 0.326. The highest BCUT2D eigenvalue weighted by Gasteiger charge is 2.13. The quantitative estimate of drug-likeness (QED) is 0.607. The summed E-state index contributed by atoms with van der Waals surface area (Å²) in [5.41, 5.74) is -0.224. The van der Waals surface area contributed by atoms with E-state index in [1.54, 1.807) is 6.07 Å². The van der Waals surface area contributed by atoms with Crippen molar-refractivity contribution >= 4 is 17.6 Å². The monoisotopic (exact) mass is 216 g/mol. The van der Waals surface area contributed by atoms with Crippen LogP contribution in [-0.4, -0.2) is 21.7 Å². The third kappa shape index (κ3) is 3.38. The lowest BCUT2D eigenvalue weighted by Gasteiger charge is -2.09. The Morgan fingerprint density at radius 3 is 3.14 bits per heavy atom. The molecule has 0 fully saturated rings. The summed E-state index contributed by atoms with van der Waals surface area (Å²) < 4.78 is 4.95. The van der Waals surface area contributed by atoms with E-state index in [0.29, 0.717) is 12.1 Å². The van der Waals surface area contributed by atoms with Gasteiger partial charge in [-0.25, -0.2) is 4.79 Å². The lowest BCUT2D eigenvalue weighted by Crippen LogP contribution is -2.13. The average molecular weight is 217 g/mol. The summed E-state index contributed by atoms with van der Waals surface area (Å²) in [6.45, 7) is 2.06. The molecule has 0 aliphatic rings.